The number of urea groups is 1. The molecule has 7 nitrogen and oxygen atoms in total. The maximum Gasteiger partial charge on any atom is 0.318 e. The summed E-state index contributed by atoms with van der Waals surface area (Å²) < 4.78 is 10.4. The number of ether oxygens (including phenoxy) is 2. The van der Waals surface area contributed by atoms with Gasteiger partial charge in [0, 0.05) is 26.7 Å². The fraction of sp³-hybridized carbons (Fsp3) is 0.500. The van der Waals surface area contributed by atoms with Crippen LogP contribution in [0.3, 0.4) is 0 Å². The van der Waals surface area contributed by atoms with Gasteiger partial charge in [0.2, 0.25) is 5.91 Å². The third-order valence-corrected chi connectivity index (χ3v) is 3.47. The summed E-state index contributed by atoms with van der Waals surface area (Å²) in [6.45, 7) is 2.77. The molecule has 7 heteroatoms. The highest BCUT2D eigenvalue weighted by atomic mass is 16.5. The molecule has 1 aromatic carbocycles. The molecule has 0 spiro atoms. The number of rotatable bonds is 6. The fourth-order valence-electron chi connectivity index (χ4n) is 2.22. The maximum atomic E-state index is 12.1. The predicted molar refractivity (Wildman–Crippen MR) is 85.2 cm³/mol. The molecular weight excluding hydrogens is 298 g/mol. The molecule has 1 heterocycles. The van der Waals surface area contributed by atoms with E-state index >= 15 is 0 Å². The molecule has 0 aromatic heterocycles. The first-order chi connectivity index (χ1) is 11.2. The summed E-state index contributed by atoms with van der Waals surface area (Å²) in [7, 11) is 1.63. The zero-order valence-corrected chi connectivity index (χ0v) is 13.3. The van der Waals surface area contributed by atoms with E-state index in [0.29, 0.717) is 32.8 Å². The number of carbonyl (C=O) groups excluding carboxylic acids is 2. The van der Waals surface area contributed by atoms with Crippen LogP contribution < -0.4 is 15.4 Å². The van der Waals surface area contributed by atoms with Crippen molar-refractivity contribution in [1.29, 1.82) is 0 Å². The molecule has 2 N–H and O–H groups in total. The van der Waals surface area contributed by atoms with Crippen LogP contribution in [0.4, 0.5) is 4.79 Å². The van der Waals surface area contributed by atoms with Gasteiger partial charge < -0.3 is 25.0 Å². The van der Waals surface area contributed by atoms with E-state index in [-0.39, 0.29) is 18.5 Å². The van der Waals surface area contributed by atoms with Gasteiger partial charge in [-0.1, -0.05) is 12.1 Å². The van der Waals surface area contributed by atoms with Crippen molar-refractivity contribution >= 4 is 11.9 Å². The van der Waals surface area contributed by atoms with Crippen LogP contribution in [0, 0.1) is 0 Å². The Balaban J connectivity index is 1.78. The summed E-state index contributed by atoms with van der Waals surface area (Å²) in [5.74, 6) is 0.650. The average molecular weight is 321 g/mol. The summed E-state index contributed by atoms with van der Waals surface area (Å²) in [4.78, 5) is 25.1. The maximum absolute atomic E-state index is 12.1. The Bertz CT molecular complexity index is 519. The minimum atomic E-state index is -0.220. The van der Waals surface area contributed by atoms with Crippen molar-refractivity contribution in [2.75, 3.05) is 40.0 Å². The lowest BCUT2D eigenvalue weighted by Gasteiger charge is -2.19. The Hall–Kier alpha value is -2.28. The van der Waals surface area contributed by atoms with Crippen molar-refractivity contribution in [3.05, 3.63) is 29.8 Å². The Morgan fingerprint density at radius 2 is 2.09 bits per heavy atom. The standard InChI is InChI=1S/C16H23N3O4/c1-22-9-10-23-14-5-3-13(4-6-14)11-18-16(21)19-8-2-7-17-15(20)12-19/h3-6H,2,7-12H2,1H3,(H,17,20)(H,18,21). The second kappa shape index (κ2) is 8.99. The Kier molecular flexibility index (Phi) is 6.68. The SMILES string of the molecule is COCCOc1ccc(CNC(=O)N2CCCNC(=O)C2)cc1. The van der Waals surface area contributed by atoms with Gasteiger partial charge in [-0.15, -0.1) is 0 Å². The van der Waals surface area contributed by atoms with E-state index in [1.54, 1.807) is 7.11 Å². The topological polar surface area (TPSA) is 79.9 Å². The van der Waals surface area contributed by atoms with Gasteiger partial charge in [0.1, 0.15) is 18.9 Å². The van der Waals surface area contributed by atoms with Crippen LogP contribution in [0.5, 0.6) is 5.75 Å². The second-order valence-corrected chi connectivity index (χ2v) is 5.27. The Morgan fingerprint density at radius 3 is 2.83 bits per heavy atom. The molecule has 0 aliphatic carbocycles. The van der Waals surface area contributed by atoms with Crippen molar-refractivity contribution in [1.82, 2.24) is 15.5 Å². The van der Waals surface area contributed by atoms with Gasteiger partial charge in [-0.2, -0.15) is 0 Å². The molecule has 1 saturated heterocycles. The van der Waals surface area contributed by atoms with Gasteiger partial charge in [-0.3, -0.25) is 4.79 Å². The minimum absolute atomic E-state index is 0.109. The molecule has 0 atom stereocenters. The van der Waals surface area contributed by atoms with Crippen molar-refractivity contribution in [3.8, 4) is 5.75 Å². The van der Waals surface area contributed by atoms with Crippen molar-refractivity contribution < 1.29 is 19.1 Å². The lowest BCUT2D eigenvalue weighted by atomic mass is 10.2. The summed E-state index contributed by atoms with van der Waals surface area (Å²) >= 11 is 0. The molecule has 0 bridgehead atoms. The summed E-state index contributed by atoms with van der Waals surface area (Å²) in [6, 6.07) is 7.30. The largest absolute Gasteiger partial charge is 0.491 e. The highest BCUT2D eigenvalue weighted by Crippen LogP contribution is 2.12. The van der Waals surface area contributed by atoms with Crippen molar-refractivity contribution in [2.45, 2.75) is 13.0 Å². The smallest absolute Gasteiger partial charge is 0.318 e. The van der Waals surface area contributed by atoms with Crippen molar-refractivity contribution in [2.24, 2.45) is 0 Å². The summed E-state index contributed by atoms with van der Waals surface area (Å²) in [5, 5.41) is 5.58. The van der Waals surface area contributed by atoms with Crippen LogP contribution in [-0.4, -0.2) is 56.8 Å². The third kappa shape index (κ3) is 5.78. The number of methoxy groups -OCH3 is 1. The number of nitrogens with one attached hydrogen (secondary N) is 2. The average Bonchev–Trinajstić information content (AvgIpc) is 2.78. The minimum Gasteiger partial charge on any atom is -0.491 e. The first-order valence-electron chi connectivity index (χ1n) is 7.69. The first kappa shape index (κ1) is 17.1. The number of hydrogen-bond acceptors (Lipinski definition) is 4. The lowest BCUT2D eigenvalue weighted by molar-refractivity contribution is -0.121. The number of amides is 3. The van der Waals surface area contributed by atoms with Gasteiger partial charge in [-0.05, 0) is 24.1 Å². The monoisotopic (exact) mass is 321 g/mol. The highest BCUT2D eigenvalue weighted by molar-refractivity contribution is 5.84. The molecule has 23 heavy (non-hydrogen) atoms. The van der Waals surface area contributed by atoms with Gasteiger partial charge >= 0.3 is 6.03 Å². The third-order valence-electron chi connectivity index (χ3n) is 3.47. The number of benzene rings is 1. The van der Waals surface area contributed by atoms with Crippen LogP contribution in [0.15, 0.2) is 24.3 Å². The Morgan fingerprint density at radius 1 is 1.30 bits per heavy atom. The molecule has 1 aliphatic rings. The number of carbonyl (C=O) groups is 2. The molecular formula is C16H23N3O4. The summed E-state index contributed by atoms with van der Waals surface area (Å²) in [6.07, 6.45) is 0.771. The van der Waals surface area contributed by atoms with Crippen molar-refractivity contribution in [3.63, 3.8) is 0 Å². The van der Waals surface area contributed by atoms with E-state index in [2.05, 4.69) is 10.6 Å². The molecule has 1 fully saturated rings. The van der Waals surface area contributed by atoms with E-state index in [9.17, 15) is 9.59 Å². The summed E-state index contributed by atoms with van der Waals surface area (Å²) in [5.41, 5.74) is 0.969. The van der Waals surface area contributed by atoms with Gasteiger partial charge in [0.15, 0.2) is 0 Å². The van der Waals surface area contributed by atoms with Crippen LogP contribution in [-0.2, 0) is 16.1 Å². The molecule has 0 radical (unpaired) electrons. The number of hydrogen-bond donors (Lipinski definition) is 2. The van der Waals surface area contributed by atoms with E-state index in [1.807, 2.05) is 24.3 Å². The first-order valence-corrected chi connectivity index (χ1v) is 7.69. The molecule has 0 saturated carbocycles. The fourth-order valence-corrected chi connectivity index (χ4v) is 2.22. The van der Waals surface area contributed by atoms with Crippen LogP contribution in [0.1, 0.15) is 12.0 Å². The molecule has 3 amide bonds. The molecule has 126 valence electrons. The molecule has 0 unspecified atom stereocenters. The second-order valence-electron chi connectivity index (χ2n) is 5.27. The van der Waals surface area contributed by atoms with E-state index in [4.69, 9.17) is 9.47 Å². The zero-order valence-electron chi connectivity index (χ0n) is 13.3. The Labute approximate surface area is 135 Å². The van der Waals surface area contributed by atoms with E-state index in [0.717, 1.165) is 17.7 Å². The lowest BCUT2D eigenvalue weighted by Crippen LogP contribution is -2.43. The quantitative estimate of drug-likeness (QED) is 0.758. The highest BCUT2D eigenvalue weighted by Gasteiger charge is 2.19. The molecule has 1 aromatic rings. The number of nitrogens with zero attached hydrogens (tertiary/aromatic N) is 1. The predicted octanol–water partition coefficient (Wildman–Crippen LogP) is 0.743. The van der Waals surface area contributed by atoms with E-state index in [1.165, 1.54) is 4.90 Å². The van der Waals surface area contributed by atoms with Gasteiger partial charge in [-0.25, -0.2) is 4.79 Å². The normalized spacial score (nSPS) is 14.8. The van der Waals surface area contributed by atoms with Crippen LogP contribution >= 0.6 is 0 Å². The molecule has 2 rings (SSSR count). The van der Waals surface area contributed by atoms with Gasteiger partial charge in [0.05, 0.1) is 6.61 Å². The van der Waals surface area contributed by atoms with Gasteiger partial charge in [0.25, 0.3) is 0 Å². The van der Waals surface area contributed by atoms with Crippen LogP contribution in [0.2, 0.25) is 0 Å². The van der Waals surface area contributed by atoms with E-state index < -0.39 is 0 Å². The molecule has 1 aliphatic heterocycles. The zero-order chi connectivity index (χ0) is 16.5. The van der Waals surface area contributed by atoms with Crippen LogP contribution in [0.25, 0.3) is 0 Å².